The van der Waals surface area contributed by atoms with Gasteiger partial charge in [0, 0.05) is 17.5 Å². The van der Waals surface area contributed by atoms with Crippen molar-refractivity contribution in [1.82, 2.24) is 4.98 Å². The molecule has 0 N–H and O–H groups in total. The van der Waals surface area contributed by atoms with Gasteiger partial charge in [-0.05, 0) is 33.1 Å². The lowest BCUT2D eigenvalue weighted by molar-refractivity contribution is 0.536. The third-order valence-electron chi connectivity index (χ3n) is 2.36. The molecule has 1 aromatic carbocycles. The maximum atomic E-state index is 10.6. The molecule has 0 radical (unpaired) electrons. The predicted molar refractivity (Wildman–Crippen MR) is 75.0 cm³/mol. The summed E-state index contributed by atoms with van der Waals surface area (Å²) in [5, 5.41) is 0.554. The summed E-state index contributed by atoms with van der Waals surface area (Å²) in [7, 11) is 0. The van der Waals surface area contributed by atoms with Gasteiger partial charge in [0.25, 0.3) is 0 Å². The van der Waals surface area contributed by atoms with E-state index in [0.29, 0.717) is 9.63 Å². The average Bonchev–Trinajstić information content (AvgIpc) is 2.33. The van der Waals surface area contributed by atoms with Crippen molar-refractivity contribution in [2.75, 3.05) is 0 Å². The summed E-state index contributed by atoms with van der Waals surface area (Å²) in [5.41, 5.74) is 2.55. The Morgan fingerprint density at radius 1 is 1.33 bits per heavy atom. The maximum Gasteiger partial charge on any atom is 0.113 e. The Labute approximate surface area is 121 Å². The number of hydrogen-bond donors (Lipinski definition) is 0. The number of aromatic nitrogens is 1. The van der Waals surface area contributed by atoms with E-state index >= 15 is 0 Å². The minimum atomic E-state index is -2.07. The normalized spacial score (nSPS) is 12.4. The number of hydrogen-bond acceptors (Lipinski definition) is 3. The van der Waals surface area contributed by atoms with Gasteiger partial charge in [0.1, 0.15) is 4.60 Å². The summed E-state index contributed by atoms with van der Waals surface area (Å²) in [6, 6.07) is 9.05. The van der Waals surface area contributed by atoms with Crippen molar-refractivity contribution in [1.29, 1.82) is 0 Å². The number of pyridine rings is 1. The maximum absolute atomic E-state index is 10.6. The Balaban J connectivity index is 2.34. The topological polar surface area (TPSA) is 53.0 Å². The Hall–Kier alpha value is -0.750. The van der Waals surface area contributed by atoms with Gasteiger partial charge in [0.05, 0.1) is 5.02 Å². The lowest BCUT2D eigenvalue weighted by atomic mass is 10.1. The molecule has 0 aliphatic rings. The third-order valence-corrected chi connectivity index (χ3v) is 3.76. The second-order valence-electron chi connectivity index (χ2n) is 3.64. The Kier molecular flexibility index (Phi) is 4.50. The van der Waals surface area contributed by atoms with Crippen LogP contribution in [0.15, 0.2) is 41.1 Å². The fourth-order valence-corrected chi connectivity index (χ4v) is 2.61. The van der Waals surface area contributed by atoms with Crippen LogP contribution in [0.5, 0.6) is 0 Å². The molecule has 1 unspecified atom stereocenters. The molecular weight excluding hydrogens is 338 g/mol. The second kappa shape index (κ2) is 5.93. The highest BCUT2D eigenvalue weighted by Gasteiger charge is 2.05. The molecule has 2 aromatic rings. The monoisotopic (exact) mass is 344 g/mol. The van der Waals surface area contributed by atoms with Gasteiger partial charge in [-0.25, -0.2) is 4.98 Å². The average molecular weight is 346 g/mol. The molecule has 0 amide bonds. The van der Waals surface area contributed by atoms with E-state index in [1.165, 1.54) is 0 Å². The Bertz CT molecular complexity index is 589. The van der Waals surface area contributed by atoms with Crippen LogP contribution in [0.4, 0.5) is 0 Å². The summed E-state index contributed by atoms with van der Waals surface area (Å²) < 4.78 is 21.9. The molecule has 2 rings (SSSR count). The van der Waals surface area contributed by atoms with Crippen LogP contribution in [-0.4, -0.2) is 13.7 Å². The van der Waals surface area contributed by atoms with Crippen LogP contribution in [0.2, 0.25) is 5.02 Å². The highest BCUT2D eigenvalue weighted by molar-refractivity contribution is 9.10. The number of rotatable bonds is 3. The van der Waals surface area contributed by atoms with Gasteiger partial charge in [-0.2, -0.15) is 0 Å². The fourth-order valence-electron chi connectivity index (χ4n) is 1.54. The van der Waals surface area contributed by atoms with Crippen molar-refractivity contribution >= 4 is 38.6 Å². The fraction of sp³-hybridized carbons (Fsp3) is 0.0833. The van der Waals surface area contributed by atoms with E-state index in [4.69, 9.17) is 11.6 Å². The molecule has 3 nitrogen and oxygen atoms in total. The second-order valence-corrected chi connectivity index (χ2v) is 5.72. The van der Waals surface area contributed by atoms with Crippen LogP contribution in [0, 0.1) is 0 Å². The van der Waals surface area contributed by atoms with Gasteiger partial charge in [0.15, 0.2) is 0 Å². The molecule has 0 saturated heterocycles. The zero-order valence-corrected chi connectivity index (χ0v) is 12.3. The van der Waals surface area contributed by atoms with Crippen molar-refractivity contribution in [3.05, 3.63) is 51.7 Å². The molecule has 0 bridgehead atoms. The minimum Gasteiger partial charge on any atom is -0.772 e. The summed E-state index contributed by atoms with van der Waals surface area (Å²) >= 11 is 7.19. The molecule has 94 valence electrons. The molecule has 0 aliphatic carbocycles. The number of halogens is 2. The summed E-state index contributed by atoms with van der Waals surface area (Å²) in [4.78, 5) is 4.11. The van der Waals surface area contributed by atoms with Crippen LogP contribution in [-0.2, 0) is 16.8 Å². The predicted octanol–water partition coefficient (Wildman–Crippen LogP) is 3.54. The summed E-state index contributed by atoms with van der Waals surface area (Å²) in [6.45, 7) is 0. The van der Waals surface area contributed by atoms with Crippen molar-refractivity contribution in [3.63, 3.8) is 0 Å². The molecule has 1 atom stereocenters. The lowest BCUT2D eigenvalue weighted by Crippen LogP contribution is -1.93. The molecule has 0 spiro atoms. The first-order chi connectivity index (χ1) is 8.56. The third kappa shape index (κ3) is 3.38. The Morgan fingerprint density at radius 2 is 2.00 bits per heavy atom. The number of benzene rings is 1. The van der Waals surface area contributed by atoms with Crippen LogP contribution in [0.25, 0.3) is 11.1 Å². The summed E-state index contributed by atoms with van der Waals surface area (Å²) in [6.07, 6.45) is 1.56. The van der Waals surface area contributed by atoms with E-state index in [-0.39, 0.29) is 5.75 Å². The van der Waals surface area contributed by atoms with Gasteiger partial charge >= 0.3 is 0 Å². The van der Waals surface area contributed by atoms with Crippen molar-refractivity contribution in [3.8, 4) is 11.1 Å². The Morgan fingerprint density at radius 3 is 2.61 bits per heavy atom. The van der Waals surface area contributed by atoms with Crippen molar-refractivity contribution < 1.29 is 8.76 Å². The van der Waals surface area contributed by atoms with Gasteiger partial charge in [0.2, 0.25) is 0 Å². The van der Waals surface area contributed by atoms with Crippen molar-refractivity contribution in [2.45, 2.75) is 5.75 Å². The van der Waals surface area contributed by atoms with E-state index < -0.39 is 11.1 Å². The molecule has 18 heavy (non-hydrogen) atoms. The van der Waals surface area contributed by atoms with Crippen LogP contribution < -0.4 is 0 Å². The highest BCUT2D eigenvalue weighted by atomic mass is 79.9. The zero-order valence-electron chi connectivity index (χ0n) is 9.10. The lowest BCUT2D eigenvalue weighted by Gasteiger charge is -2.08. The first kappa shape index (κ1) is 13.7. The van der Waals surface area contributed by atoms with E-state index in [1.54, 1.807) is 24.4 Å². The SMILES string of the molecule is O=S([O-])Cc1ccc(-c2cc(Cl)cnc2Br)cc1. The molecule has 0 saturated carbocycles. The van der Waals surface area contributed by atoms with Gasteiger partial charge in [-0.15, -0.1) is 0 Å². The molecular formula is C12H8BrClNO2S-. The van der Waals surface area contributed by atoms with E-state index in [0.717, 1.165) is 16.7 Å². The highest BCUT2D eigenvalue weighted by Crippen LogP contribution is 2.29. The van der Waals surface area contributed by atoms with Crippen LogP contribution in [0.3, 0.4) is 0 Å². The minimum absolute atomic E-state index is 0.0231. The molecule has 1 aromatic heterocycles. The van der Waals surface area contributed by atoms with Gasteiger partial charge < -0.3 is 4.55 Å². The van der Waals surface area contributed by atoms with E-state index in [1.807, 2.05) is 12.1 Å². The molecule has 1 heterocycles. The van der Waals surface area contributed by atoms with Gasteiger partial charge in [-0.1, -0.05) is 46.9 Å². The molecule has 0 fully saturated rings. The molecule has 0 aliphatic heterocycles. The quantitative estimate of drug-likeness (QED) is 0.631. The van der Waals surface area contributed by atoms with Crippen molar-refractivity contribution in [2.24, 2.45) is 0 Å². The molecule has 6 heteroatoms. The van der Waals surface area contributed by atoms with Crippen LogP contribution in [0.1, 0.15) is 5.56 Å². The first-order valence-corrected chi connectivity index (χ1v) is 7.44. The first-order valence-electron chi connectivity index (χ1n) is 5.02. The van der Waals surface area contributed by atoms with Crippen LogP contribution >= 0.6 is 27.5 Å². The number of nitrogens with zero attached hydrogens (tertiary/aromatic N) is 1. The zero-order chi connectivity index (χ0) is 13.1. The standard InChI is InChI=1S/C12H9BrClNO2S/c13-12-11(5-10(14)6-15-12)9-3-1-8(2-4-9)7-18(16)17/h1-6H,7H2,(H,16,17)/p-1. The van der Waals surface area contributed by atoms with E-state index in [2.05, 4.69) is 20.9 Å². The largest absolute Gasteiger partial charge is 0.772 e. The van der Waals surface area contributed by atoms with E-state index in [9.17, 15) is 8.76 Å². The smallest absolute Gasteiger partial charge is 0.113 e. The van der Waals surface area contributed by atoms with Gasteiger partial charge in [-0.3, -0.25) is 4.21 Å². The summed E-state index contributed by atoms with van der Waals surface area (Å²) in [5.74, 6) is 0.0231.